The fourth-order valence-corrected chi connectivity index (χ4v) is 5.23. The van der Waals surface area contributed by atoms with Crippen LogP contribution in [0.2, 0.25) is 0 Å². The highest BCUT2D eigenvalue weighted by molar-refractivity contribution is 7.99. The van der Waals surface area contributed by atoms with Crippen molar-refractivity contribution in [1.29, 1.82) is 0 Å². The van der Waals surface area contributed by atoms with Gasteiger partial charge in [0.15, 0.2) is 0 Å². The average molecular weight is 372 g/mol. The highest BCUT2D eigenvalue weighted by Gasteiger charge is 2.41. The van der Waals surface area contributed by atoms with Crippen molar-refractivity contribution in [2.45, 2.75) is 12.0 Å². The molecular weight excluding hydrogens is 348 g/mol. The number of morpholine rings is 1. The summed E-state index contributed by atoms with van der Waals surface area (Å²) in [5, 5.41) is 7.47. The SMILES string of the molecule is O=C(NC[C@@]1(N2CCOCC2)CCSC1)c1ccccc1-n1cccn1. The van der Waals surface area contributed by atoms with E-state index >= 15 is 0 Å². The molecule has 3 heterocycles. The summed E-state index contributed by atoms with van der Waals surface area (Å²) in [4.78, 5) is 15.5. The largest absolute Gasteiger partial charge is 0.379 e. The molecule has 1 aromatic heterocycles. The second kappa shape index (κ2) is 7.82. The van der Waals surface area contributed by atoms with Crippen molar-refractivity contribution in [3.63, 3.8) is 0 Å². The van der Waals surface area contributed by atoms with E-state index in [-0.39, 0.29) is 11.4 Å². The van der Waals surface area contributed by atoms with Gasteiger partial charge in [-0.25, -0.2) is 4.68 Å². The van der Waals surface area contributed by atoms with Crippen LogP contribution in [0.1, 0.15) is 16.8 Å². The van der Waals surface area contributed by atoms with Gasteiger partial charge in [-0.3, -0.25) is 9.69 Å². The second-order valence-electron chi connectivity index (χ2n) is 6.78. The number of nitrogens with one attached hydrogen (secondary N) is 1. The molecule has 4 rings (SSSR count). The van der Waals surface area contributed by atoms with E-state index in [1.54, 1.807) is 10.9 Å². The van der Waals surface area contributed by atoms with Gasteiger partial charge in [0.1, 0.15) is 0 Å². The molecule has 0 spiro atoms. The number of thioether (sulfide) groups is 1. The lowest BCUT2D eigenvalue weighted by Gasteiger charge is -2.43. The molecule has 1 aromatic carbocycles. The summed E-state index contributed by atoms with van der Waals surface area (Å²) in [6, 6.07) is 9.46. The normalized spacial score (nSPS) is 23.8. The number of carbonyl (C=O) groups excluding carboxylic acids is 1. The summed E-state index contributed by atoms with van der Waals surface area (Å²) >= 11 is 1.98. The van der Waals surface area contributed by atoms with Crippen LogP contribution < -0.4 is 5.32 Å². The lowest BCUT2D eigenvalue weighted by Crippen LogP contribution is -2.59. The molecular formula is C19H24N4O2S. The number of rotatable bonds is 5. The number of nitrogens with zero attached hydrogens (tertiary/aromatic N) is 3. The number of ether oxygens (including phenoxy) is 1. The van der Waals surface area contributed by atoms with E-state index in [1.807, 2.05) is 48.3 Å². The monoisotopic (exact) mass is 372 g/mol. The van der Waals surface area contributed by atoms with Gasteiger partial charge >= 0.3 is 0 Å². The molecule has 2 fully saturated rings. The lowest BCUT2D eigenvalue weighted by molar-refractivity contribution is -0.0129. The van der Waals surface area contributed by atoms with Gasteiger partial charge in [0.2, 0.25) is 0 Å². The van der Waals surface area contributed by atoms with Gasteiger partial charge in [0.25, 0.3) is 5.91 Å². The van der Waals surface area contributed by atoms with Crippen LogP contribution in [0.15, 0.2) is 42.7 Å². The van der Waals surface area contributed by atoms with E-state index in [0.717, 1.165) is 49.9 Å². The molecule has 2 aromatic rings. The lowest BCUT2D eigenvalue weighted by atomic mass is 9.95. The predicted octanol–water partition coefficient (Wildman–Crippen LogP) is 1.81. The van der Waals surface area contributed by atoms with Gasteiger partial charge < -0.3 is 10.1 Å². The molecule has 1 N–H and O–H groups in total. The minimum Gasteiger partial charge on any atom is -0.379 e. The Balaban J connectivity index is 1.50. The zero-order valence-electron chi connectivity index (χ0n) is 14.8. The van der Waals surface area contributed by atoms with E-state index < -0.39 is 0 Å². The Labute approximate surface area is 157 Å². The van der Waals surface area contributed by atoms with E-state index in [2.05, 4.69) is 15.3 Å². The first-order chi connectivity index (χ1) is 12.8. The molecule has 7 heteroatoms. The number of benzene rings is 1. The van der Waals surface area contributed by atoms with Crippen molar-refractivity contribution in [3.05, 3.63) is 48.3 Å². The zero-order valence-corrected chi connectivity index (χ0v) is 15.6. The zero-order chi connectivity index (χ0) is 17.8. The van der Waals surface area contributed by atoms with Gasteiger partial charge in [0.05, 0.1) is 24.5 Å². The molecule has 0 bridgehead atoms. The van der Waals surface area contributed by atoms with Crippen molar-refractivity contribution >= 4 is 17.7 Å². The maximum atomic E-state index is 12.9. The summed E-state index contributed by atoms with van der Waals surface area (Å²) in [5.74, 6) is 2.17. The average Bonchev–Trinajstić information content (AvgIpc) is 3.40. The molecule has 0 saturated carbocycles. The van der Waals surface area contributed by atoms with Crippen LogP contribution in [-0.2, 0) is 4.74 Å². The second-order valence-corrected chi connectivity index (χ2v) is 7.88. The van der Waals surface area contributed by atoms with Crippen molar-refractivity contribution in [1.82, 2.24) is 20.0 Å². The highest BCUT2D eigenvalue weighted by Crippen LogP contribution is 2.33. The number of carbonyl (C=O) groups is 1. The fourth-order valence-electron chi connectivity index (χ4n) is 3.75. The predicted molar refractivity (Wildman–Crippen MR) is 103 cm³/mol. The highest BCUT2D eigenvalue weighted by atomic mass is 32.2. The first kappa shape index (κ1) is 17.6. The summed E-state index contributed by atoms with van der Waals surface area (Å²) in [6.07, 6.45) is 4.69. The molecule has 2 aliphatic rings. The van der Waals surface area contributed by atoms with Crippen LogP contribution in [0.3, 0.4) is 0 Å². The third kappa shape index (κ3) is 3.51. The topological polar surface area (TPSA) is 59.4 Å². The van der Waals surface area contributed by atoms with Gasteiger partial charge in [-0.2, -0.15) is 16.9 Å². The number of hydrogen-bond acceptors (Lipinski definition) is 5. The Morgan fingerprint density at radius 1 is 1.27 bits per heavy atom. The molecule has 26 heavy (non-hydrogen) atoms. The van der Waals surface area contributed by atoms with Crippen LogP contribution in [-0.4, -0.2) is 70.5 Å². The van der Waals surface area contributed by atoms with Gasteiger partial charge in [-0.1, -0.05) is 12.1 Å². The quantitative estimate of drug-likeness (QED) is 0.867. The van der Waals surface area contributed by atoms with Crippen molar-refractivity contribution in [2.75, 3.05) is 44.4 Å². The van der Waals surface area contributed by atoms with Crippen molar-refractivity contribution in [3.8, 4) is 5.69 Å². The van der Waals surface area contributed by atoms with E-state index in [0.29, 0.717) is 12.1 Å². The Bertz CT molecular complexity index is 738. The Morgan fingerprint density at radius 3 is 2.85 bits per heavy atom. The fraction of sp³-hybridized carbons (Fsp3) is 0.474. The smallest absolute Gasteiger partial charge is 0.253 e. The third-order valence-electron chi connectivity index (χ3n) is 5.24. The van der Waals surface area contributed by atoms with Crippen LogP contribution in [0.5, 0.6) is 0 Å². The molecule has 2 aliphatic heterocycles. The van der Waals surface area contributed by atoms with Crippen LogP contribution in [0.4, 0.5) is 0 Å². The van der Waals surface area contributed by atoms with Crippen LogP contribution >= 0.6 is 11.8 Å². The standard InChI is InChI=1S/C19H24N4O2S/c24-18(16-4-1-2-5-17(16)23-8-3-7-21-23)20-14-19(6-13-26-15-19)22-9-11-25-12-10-22/h1-5,7-8H,6,9-15H2,(H,20,24)/t19-/m0/s1. The number of hydrogen-bond donors (Lipinski definition) is 1. The molecule has 1 atom stereocenters. The molecule has 0 aliphatic carbocycles. The Morgan fingerprint density at radius 2 is 2.12 bits per heavy atom. The van der Waals surface area contributed by atoms with Gasteiger partial charge in [-0.15, -0.1) is 0 Å². The number of amides is 1. The molecule has 0 unspecified atom stereocenters. The molecule has 2 saturated heterocycles. The maximum absolute atomic E-state index is 12.9. The van der Waals surface area contributed by atoms with Gasteiger partial charge in [0, 0.05) is 43.3 Å². The number of para-hydroxylation sites is 1. The first-order valence-electron chi connectivity index (χ1n) is 9.06. The van der Waals surface area contributed by atoms with Crippen LogP contribution in [0, 0.1) is 0 Å². The maximum Gasteiger partial charge on any atom is 0.253 e. The summed E-state index contributed by atoms with van der Waals surface area (Å²) in [7, 11) is 0. The molecule has 1 amide bonds. The molecule has 0 radical (unpaired) electrons. The van der Waals surface area contributed by atoms with Crippen molar-refractivity contribution < 1.29 is 9.53 Å². The third-order valence-corrected chi connectivity index (χ3v) is 6.48. The summed E-state index contributed by atoms with van der Waals surface area (Å²) < 4.78 is 7.24. The van der Waals surface area contributed by atoms with E-state index in [4.69, 9.17) is 4.74 Å². The van der Waals surface area contributed by atoms with E-state index in [1.165, 1.54) is 0 Å². The van der Waals surface area contributed by atoms with Gasteiger partial charge in [-0.05, 0) is 30.4 Å². The molecule has 138 valence electrons. The van der Waals surface area contributed by atoms with Crippen LogP contribution in [0.25, 0.3) is 5.69 Å². The summed E-state index contributed by atoms with van der Waals surface area (Å²) in [5.41, 5.74) is 1.50. The summed E-state index contributed by atoms with van der Waals surface area (Å²) in [6.45, 7) is 4.12. The minimum absolute atomic E-state index is 0.0411. The Kier molecular flexibility index (Phi) is 5.28. The van der Waals surface area contributed by atoms with E-state index in [9.17, 15) is 4.79 Å². The molecule has 6 nitrogen and oxygen atoms in total. The first-order valence-corrected chi connectivity index (χ1v) is 10.2. The minimum atomic E-state index is -0.0411. The van der Waals surface area contributed by atoms with Crippen molar-refractivity contribution in [2.24, 2.45) is 0 Å². The Hall–Kier alpha value is -1.83. The number of aromatic nitrogens is 2.